The van der Waals surface area contributed by atoms with Crippen molar-refractivity contribution in [1.29, 1.82) is 0 Å². The van der Waals surface area contributed by atoms with Crippen LogP contribution in [0.3, 0.4) is 0 Å². The lowest BCUT2D eigenvalue weighted by atomic mass is 10.2. The van der Waals surface area contributed by atoms with Gasteiger partial charge in [0.25, 0.3) is 0 Å². The van der Waals surface area contributed by atoms with Crippen molar-refractivity contribution >= 4 is 22.6 Å². The van der Waals surface area contributed by atoms with Gasteiger partial charge in [0.2, 0.25) is 11.1 Å². The quantitative estimate of drug-likeness (QED) is 0.741. The molecular weight excluding hydrogens is 186 g/mol. The van der Waals surface area contributed by atoms with Gasteiger partial charge in [-0.1, -0.05) is 6.42 Å². The Morgan fingerprint density at radius 2 is 2.08 bits per heavy atom. The van der Waals surface area contributed by atoms with Crippen molar-refractivity contribution in [3.8, 4) is 0 Å². The van der Waals surface area contributed by atoms with E-state index in [0.717, 1.165) is 18.2 Å². The number of hydrogen-bond donors (Lipinski definition) is 2. The Balaban J connectivity index is 1.89. The minimum Gasteiger partial charge on any atom is -0.367 e. The van der Waals surface area contributed by atoms with Crippen LogP contribution in [-0.4, -0.2) is 27.5 Å². The summed E-state index contributed by atoms with van der Waals surface area (Å²) in [4.78, 5) is 4.04. The van der Waals surface area contributed by atoms with Crippen LogP contribution >= 0.6 is 11.5 Å². The lowest BCUT2D eigenvalue weighted by Gasteiger charge is -2.26. The SMILES string of the molecule is Nc1nsc(NN2CCCCC2)n1. The summed E-state index contributed by atoms with van der Waals surface area (Å²) < 4.78 is 3.90. The molecule has 0 radical (unpaired) electrons. The fourth-order valence-corrected chi connectivity index (χ4v) is 1.95. The number of hydrazine groups is 1. The number of nitrogens with zero attached hydrogens (tertiary/aromatic N) is 3. The molecule has 0 bridgehead atoms. The Morgan fingerprint density at radius 1 is 1.31 bits per heavy atom. The third-order valence-electron chi connectivity index (χ3n) is 2.05. The van der Waals surface area contributed by atoms with E-state index in [2.05, 4.69) is 19.8 Å². The van der Waals surface area contributed by atoms with Crippen LogP contribution < -0.4 is 11.2 Å². The summed E-state index contributed by atoms with van der Waals surface area (Å²) in [6, 6.07) is 0. The van der Waals surface area contributed by atoms with Crippen molar-refractivity contribution in [2.45, 2.75) is 19.3 Å². The molecule has 3 N–H and O–H groups in total. The van der Waals surface area contributed by atoms with Crippen LogP contribution in [0.15, 0.2) is 0 Å². The van der Waals surface area contributed by atoms with Crippen LogP contribution in [0.1, 0.15) is 19.3 Å². The molecular formula is C7H13N5S. The zero-order chi connectivity index (χ0) is 9.10. The molecule has 1 aliphatic rings. The van der Waals surface area contributed by atoms with Crippen LogP contribution in [0, 0.1) is 0 Å². The van der Waals surface area contributed by atoms with E-state index < -0.39 is 0 Å². The Labute approximate surface area is 81.1 Å². The third kappa shape index (κ3) is 2.28. The molecule has 1 aliphatic heterocycles. The first-order valence-corrected chi connectivity index (χ1v) is 5.23. The number of piperidine rings is 1. The number of nitrogens with two attached hydrogens (primary N) is 1. The minimum atomic E-state index is 0.351. The molecule has 72 valence electrons. The Bertz CT molecular complexity index is 268. The summed E-state index contributed by atoms with van der Waals surface area (Å²) in [6.07, 6.45) is 3.83. The van der Waals surface area contributed by atoms with Gasteiger partial charge in [0.05, 0.1) is 0 Å². The van der Waals surface area contributed by atoms with Crippen LogP contribution in [0.25, 0.3) is 0 Å². The number of nitrogens with one attached hydrogen (secondary N) is 1. The summed E-state index contributed by atoms with van der Waals surface area (Å²) in [5.41, 5.74) is 8.61. The Hall–Kier alpha value is -0.880. The Kier molecular flexibility index (Phi) is 2.60. The topological polar surface area (TPSA) is 67.1 Å². The lowest BCUT2D eigenvalue weighted by molar-refractivity contribution is 0.273. The minimum absolute atomic E-state index is 0.351. The molecule has 13 heavy (non-hydrogen) atoms. The van der Waals surface area contributed by atoms with Gasteiger partial charge in [0.15, 0.2) is 0 Å². The van der Waals surface area contributed by atoms with Gasteiger partial charge in [-0.3, -0.25) is 5.43 Å². The number of anilines is 2. The predicted octanol–water partition coefficient (Wildman–Crippen LogP) is 0.933. The maximum atomic E-state index is 5.41. The van der Waals surface area contributed by atoms with Crippen molar-refractivity contribution in [2.75, 3.05) is 24.2 Å². The fraction of sp³-hybridized carbons (Fsp3) is 0.714. The zero-order valence-corrected chi connectivity index (χ0v) is 8.18. The summed E-state index contributed by atoms with van der Waals surface area (Å²) in [7, 11) is 0. The predicted molar refractivity (Wildman–Crippen MR) is 53.4 cm³/mol. The van der Waals surface area contributed by atoms with E-state index in [1.807, 2.05) is 0 Å². The van der Waals surface area contributed by atoms with E-state index in [1.165, 1.54) is 30.8 Å². The van der Waals surface area contributed by atoms with Crippen molar-refractivity contribution < 1.29 is 0 Å². The first-order chi connectivity index (χ1) is 6.34. The van der Waals surface area contributed by atoms with Gasteiger partial charge in [-0.15, -0.1) is 0 Å². The van der Waals surface area contributed by atoms with E-state index in [1.54, 1.807) is 0 Å². The highest BCUT2D eigenvalue weighted by molar-refractivity contribution is 7.09. The molecule has 2 rings (SSSR count). The molecule has 0 atom stereocenters. The molecule has 0 saturated carbocycles. The second kappa shape index (κ2) is 3.89. The third-order valence-corrected chi connectivity index (χ3v) is 2.69. The second-order valence-electron chi connectivity index (χ2n) is 3.12. The monoisotopic (exact) mass is 199 g/mol. The lowest BCUT2D eigenvalue weighted by Crippen LogP contribution is -2.34. The Morgan fingerprint density at radius 3 is 2.69 bits per heavy atom. The van der Waals surface area contributed by atoms with Crippen molar-refractivity contribution in [3.05, 3.63) is 0 Å². The first-order valence-electron chi connectivity index (χ1n) is 4.45. The molecule has 1 fully saturated rings. The van der Waals surface area contributed by atoms with Crippen molar-refractivity contribution in [3.63, 3.8) is 0 Å². The number of rotatable bonds is 2. The first kappa shape index (κ1) is 8.71. The molecule has 1 aromatic heterocycles. The summed E-state index contributed by atoms with van der Waals surface area (Å²) in [5.74, 6) is 0.351. The maximum absolute atomic E-state index is 5.41. The smallest absolute Gasteiger partial charge is 0.233 e. The standard InChI is InChI=1S/C7H13N5S/c8-6-9-7(13-11-6)10-12-4-2-1-3-5-12/h1-5H2,(H3,8,9,10,11). The molecule has 2 heterocycles. The van der Waals surface area contributed by atoms with Crippen molar-refractivity contribution in [1.82, 2.24) is 14.4 Å². The van der Waals surface area contributed by atoms with E-state index in [4.69, 9.17) is 5.73 Å². The fourth-order valence-electron chi connectivity index (χ4n) is 1.42. The molecule has 1 aromatic rings. The number of nitrogen functional groups attached to an aromatic ring is 1. The zero-order valence-electron chi connectivity index (χ0n) is 7.36. The van der Waals surface area contributed by atoms with E-state index >= 15 is 0 Å². The molecule has 5 nitrogen and oxygen atoms in total. The van der Waals surface area contributed by atoms with Gasteiger partial charge in [-0.25, -0.2) is 5.01 Å². The van der Waals surface area contributed by atoms with E-state index in [0.29, 0.717) is 5.95 Å². The number of hydrogen-bond acceptors (Lipinski definition) is 6. The molecule has 0 unspecified atom stereocenters. The normalized spacial score (nSPS) is 18.8. The highest BCUT2D eigenvalue weighted by Gasteiger charge is 2.11. The van der Waals surface area contributed by atoms with Crippen molar-refractivity contribution in [2.24, 2.45) is 0 Å². The van der Waals surface area contributed by atoms with Crippen LogP contribution in [0.5, 0.6) is 0 Å². The molecule has 1 saturated heterocycles. The van der Waals surface area contributed by atoms with Crippen LogP contribution in [0.2, 0.25) is 0 Å². The molecule has 0 amide bonds. The van der Waals surface area contributed by atoms with Gasteiger partial charge in [-0.2, -0.15) is 9.36 Å². The van der Waals surface area contributed by atoms with Crippen LogP contribution in [-0.2, 0) is 0 Å². The molecule has 6 heteroatoms. The molecule has 0 spiro atoms. The molecule has 0 aliphatic carbocycles. The average molecular weight is 199 g/mol. The van der Waals surface area contributed by atoms with E-state index in [-0.39, 0.29) is 0 Å². The summed E-state index contributed by atoms with van der Waals surface area (Å²) in [6.45, 7) is 2.17. The van der Waals surface area contributed by atoms with Gasteiger partial charge < -0.3 is 5.73 Å². The maximum Gasteiger partial charge on any atom is 0.233 e. The van der Waals surface area contributed by atoms with Crippen LogP contribution in [0.4, 0.5) is 11.1 Å². The summed E-state index contributed by atoms with van der Waals surface area (Å²) >= 11 is 1.30. The average Bonchev–Trinajstić information content (AvgIpc) is 2.53. The largest absolute Gasteiger partial charge is 0.367 e. The van der Waals surface area contributed by atoms with Gasteiger partial charge in [0.1, 0.15) is 0 Å². The van der Waals surface area contributed by atoms with E-state index in [9.17, 15) is 0 Å². The highest BCUT2D eigenvalue weighted by Crippen LogP contribution is 2.15. The second-order valence-corrected chi connectivity index (χ2v) is 3.87. The van der Waals surface area contributed by atoms with Gasteiger partial charge in [0, 0.05) is 24.6 Å². The van der Waals surface area contributed by atoms with Gasteiger partial charge >= 0.3 is 0 Å². The molecule has 0 aromatic carbocycles. The summed E-state index contributed by atoms with van der Waals surface area (Å²) in [5, 5.41) is 2.96. The van der Waals surface area contributed by atoms with Gasteiger partial charge in [-0.05, 0) is 12.8 Å². The highest BCUT2D eigenvalue weighted by atomic mass is 32.1. The number of aromatic nitrogens is 2.